The largest absolute Gasteiger partial charge is 0.361 e. The van der Waals surface area contributed by atoms with E-state index in [4.69, 9.17) is 27.7 Å². The molecule has 25 heavy (non-hydrogen) atoms. The molecule has 0 atom stereocenters. The molecular weight excluding hydrogens is 365 g/mol. The molecule has 6 nitrogen and oxygen atoms in total. The minimum absolute atomic E-state index is 0.0549. The maximum Gasteiger partial charge on any atom is 0.243 e. The summed E-state index contributed by atoms with van der Waals surface area (Å²) in [6.45, 7) is 3.60. The van der Waals surface area contributed by atoms with Crippen molar-refractivity contribution in [2.24, 2.45) is 0 Å². The third-order valence-electron chi connectivity index (χ3n) is 3.78. The Hall–Kier alpha value is -2.05. The van der Waals surface area contributed by atoms with Crippen molar-refractivity contribution in [3.8, 4) is 0 Å². The van der Waals surface area contributed by atoms with Gasteiger partial charge in [-0.1, -0.05) is 28.4 Å². The summed E-state index contributed by atoms with van der Waals surface area (Å²) in [6.07, 6.45) is 0.804. The summed E-state index contributed by atoms with van der Waals surface area (Å²) in [5.74, 6) is 0.265. The van der Waals surface area contributed by atoms with Gasteiger partial charge in [0, 0.05) is 24.7 Å². The standard InChI is InChI=1S/C17H19Cl2N3O3/c1-10-13(11(2)25-21-10)5-7-17(24)22(3)9-16(23)20-12-4-6-14(18)15(19)8-12/h4,6,8H,5,7,9H2,1-3H3,(H,20,23). The third kappa shape index (κ3) is 5.21. The number of halogens is 2. The number of hydrogen-bond acceptors (Lipinski definition) is 4. The van der Waals surface area contributed by atoms with Crippen LogP contribution in [0.15, 0.2) is 22.7 Å². The van der Waals surface area contributed by atoms with Gasteiger partial charge in [-0.3, -0.25) is 9.59 Å². The Balaban J connectivity index is 1.85. The van der Waals surface area contributed by atoms with Crippen molar-refractivity contribution in [2.45, 2.75) is 26.7 Å². The quantitative estimate of drug-likeness (QED) is 0.825. The Kier molecular flexibility index (Phi) is 6.45. The molecule has 0 spiro atoms. The molecule has 2 amide bonds. The number of aryl methyl sites for hydroxylation is 2. The Morgan fingerprint density at radius 2 is 1.96 bits per heavy atom. The highest BCUT2D eigenvalue weighted by atomic mass is 35.5. The molecule has 0 unspecified atom stereocenters. The number of hydrogen-bond donors (Lipinski definition) is 1. The second-order valence-corrected chi connectivity index (χ2v) is 6.54. The molecule has 1 aromatic heterocycles. The number of likely N-dealkylation sites (N-methyl/N-ethyl adjacent to an activating group) is 1. The normalized spacial score (nSPS) is 10.6. The van der Waals surface area contributed by atoms with Crippen LogP contribution in [0.2, 0.25) is 10.0 Å². The van der Waals surface area contributed by atoms with E-state index in [-0.39, 0.29) is 24.8 Å². The Labute approximate surface area is 156 Å². The molecule has 0 aliphatic heterocycles. The van der Waals surface area contributed by atoms with E-state index in [1.807, 2.05) is 13.8 Å². The van der Waals surface area contributed by atoms with Gasteiger partial charge in [0.05, 0.1) is 22.3 Å². The van der Waals surface area contributed by atoms with E-state index in [1.54, 1.807) is 25.2 Å². The zero-order valence-electron chi connectivity index (χ0n) is 14.2. The summed E-state index contributed by atoms with van der Waals surface area (Å²) in [7, 11) is 1.59. The van der Waals surface area contributed by atoms with Crippen molar-refractivity contribution in [1.82, 2.24) is 10.1 Å². The molecule has 0 saturated carbocycles. The van der Waals surface area contributed by atoms with E-state index in [0.29, 0.717) is 27.9 Å². The summed E-state index contributed by atoms with van der Waals surface area (Å²) in [5, 5.41) is 7.30. The number of benzene rings is 1. The average Bonchev–Trinajstić information content (AvgIpc) is 2.87. The molecule has 0 radical (unpaired) electrons. The van der Waals surface area contributed by atoms with Crippen molar-refractivity contribution in [3.63, 3.8) is 0 Å². The van der Waals surface area contributed by atoms with Crippen LogP contribution in [0, 0.1) is 13.8 Å². The van der Waals surface area contributed by atoms with E-state index in [1.165, 1.54) is 4.90 Å². The maximum atomic E-state index is 12.2. The van der Waals surface area contributed by atoms with Gasteiger partial charge in [0.2, 0.25) is 11.8 Å². The van der Waals surface area contributed by atoms with Crippen LogP contribution >= 0.6 is 23.2 Å². The monoisotopic (exact) mass is 383 g/mol. The molecule has 0 aliphatic carbocycles. The van der Waals surface area contributed by atoms with Crippen molar-refractivity contribution in [1.29, 1.82) is 0 Å². The first-order valence-electron chi connectivity index (χ1n) is 7.68. The van der Waals surface area contributed by atoms with Gasteiger partial charge in [-0.15, -0.1) is 0 Å². The van der Waals surface area contributed by atoms with Crippen LogP contribution in [-0.4, -0.2) is 35.5 Å². The first-order valence-corrected chi connectivity index (χ1v) is 8.44. The number of nitrogens with zero attached hydrogens (tertiary/aromatic N) is 2. The van der Waals surface area contributed by atoms with Crippen LogP contribution in [0.4, 0.5) is 5.69 Å². The number of anilines is 1. The summed E-state index contributed by atoms with van der Waals surface area (Å²) >= 11 is 11.7. The fourth-order valence-electron chi connectivity index (χ4n) is 2.36. The third-order valence-corrected chi connectivity index (χ3v) is 4.52. The van der Waals surface area contributed by atoms with E-state index < -0.39 is 0 Å². The zero-order chi connectivity index (χ0) is 18.6. The van der Waals surface area contributed by atoms with Crippen LogP contribution < -0.4 is 5.32 Å². The second kappa shape index (κ2) is 8.36. The highest BCUT2D eigenvalue weighted by Crippen LogP contribution is 2.25. The highest BCUT2D eigenvalue weighted by molar-refractivity contribution is 6.42. The minimum atomic E-state index is -0.313. The molecule has 8 heteroatoms. The fourth-order valence-corrected chi connectivity index (χ4v) is 2.66. The van der Waals surface area contributed by atoms with Crippen molar-refractivity contribution in [2.75, 3.05) is 18.9 Å². The number of rotatable bonds is 6. The van der Waals surface area contributed by atoms with Crippen LogP contribution in [0.1, 0.15) is 23.4 Å². The molecule has 1 aromatic carbocycles. The summed E-state index contributed by atoms with van der Waals surface area (Å²) in [4.78, 5) is 25.6. The van der Waals surface area contributed by atoms with Crippen molar-refractivity contribution >= 4 is 40.7 Å². The molecular formula is C17H19Cl2N3O3. The van der Waals surface area contributed by atoms with Crippen molar-refractivity contribution in [3.05, 3.63) is 45.3 Å². The molecule has 0 aliphatic rings. The molecule has 0 bridgehead atoms. The first-order chi connectivity index (χ1) is 11.8. The van der Waals surface area contributed by atoms with Gasteiger partial charge in [0.25, 0.3) is 0 Å². The van der Waals surface area contributed by atoms with Gasteiger partial charge in [-0.2, -0.15) is 0 Å². The van der Waals surface area contributed by atoms with Crippen LogP contribution in [0.3, 0.4) is 0 Å². The fraction of sp³-hybridized carbons (Fsp3) is 0.353. The lowest BCUT2D eigenvalue weighted by Crippen LogP contribution is -2.35. The lowest BCUT2D eigenvalue weighted by Gasteiger charge is -2.17. The number of carbonyl (C=O) groups is 2. The van der Waals surface area contributed by atoms with Gasteiger partial charge in [0.1, 0.15) is 5.76 Å². The molecule has 1 N–H and O–H groups in total. The minimum Gasteiger partial charge on any atom is -0.361 e. The van der Waals surface area contributed by atoms with Crippen LogP contribution in [0.5, 0.6) is 0 Å². The zero-order valence-corrected chi connectivity index (χ0v) is 15.7. The van der Waals surface area contributed by atoms with E-state index in [9.17, 15) is 9.59 Å². The topological polar surface area (TPSA) is 75.4 Å². The summed E-state index contributed by atoms with van der Waals surface area (Å²) < 4.78 is 5.08. The second-order valence-electron chi connectivity index (χ2n) is 5.73. The Morgan fingerprint density at radius 3 is 2.56 bits per heavy atom. The van der Waals surface area contributed by atoms with E-state index in [2.05, 4.69) is 10.5 Å². The van der Waals surface area contributed by atoms with Crippen molar-refractivity contribution < 1.29 is 14.1 Å². The van der Waals surface area contributed by atoms with Gasteiger partial charge in [-0.05, 0) is 38.5 Å². The molecule has 0 saturated heterocycles. The average molecular weight is 384 g/mol. The van der Waals surface area contributed by atoms with Gasteiger partial charge >= 0.3 is 0 Å². The SMILES string of the molecule is Cc1noc(C)c1CCC(=O)N(C)CC(=O)Nc1ccc(Cl)c(Cl)c1. The number of amides is 2. The lowest BCUT2D eigenvalue weighted by atomic mass is 10.1. The van der Waals surface area contributed by atoms with Gasteiger partial charge in [-0.25, -0.2) is 0 Å². The molecule has 134 valence electrons. The Morgan fingerprint density at radius 1 is 1.24 bits per heavy atom. The van der Waals surface area contributed by atoms with Gasteiger partial charge < -0.3 is 14.7 Å². The summed E-state index contributed by atoms with van der Waals surface area (Å²) in [6, 6.07) is 4.80. The van der Waals surface area contributed by atoms with E-state index in [0.717, 1.165) is 11.3 Å². The number of aromatic nitrogens is 1. The molecule has 1 heterocycles. The van der Waals surface area contributed by atoms with Crippen LogP contribution in [-0.2, 0) is 16.0 Å². The molecule has 2 rings (SSSR count). The molecule has 2 aromatic rings. The van der Waals surface area contributed by atoms with Gasteiger partial charge in [0.15, 0.2) is 0 Å². The summed E-state index contributed by atoms with van der Waals surface area (Å²) in [5.41, 5.74) is 2.24. The lowest BCUT2D eigenvalue weighted by molar-refractivity contribution is -0.133. The number of carbonyl (C=O) groups excluding carboxylic acids is 2. The van der Waals surface area contributed by atoms with Crippen LogP contribution in [0.25, 0.3) is 0 Å². The molecule has 0 fully saturated rings. The predicted molar refractivity (Wildman–Crippen MR) is 97.0 cm³/mol. The smallest absolute Gasteiger partial charge is 0.243 e. The predicted octanol–water partition coefficient (Wildman–Crippen LogP) is 3.63. The van der Waals surface area contributed by atoms with E-state index >= 15 is 0 Å². The number of nitrogens with one attached hydrogen (secondary N) is 1. The maximum absolute atomic E-state index is 12.2. The highest BCUT2D eigenvalue weighted by Gasteiger charge is 2.16. The Bertz CT molecular complexity index is 770. The first kappa shape index (κ1) is 19.3.